The van der Waals surface area contributed by atoms with Gasteiger partial charge in [0, 0.05) is 19.4 Å². The van der Waals surface area contributed by atoms with Crippen LogP contribution in [-0.4, -0.2) is 48.1 Å². The Morgan fingerprint density at radius 3 is 1.63 bits per heavy atom. The lowest BCUT2D eigenvalue weighted by Crippen LogP contribution is -2.28. The fraction of sp³-hybridized carbons (Fsp3) is 0.714. The number of unbranched alkanes of at least 4 members (excludes halogenated alkanes) is 12. The first-order valence-corrected chi connectivity index (χ1v) is 16.3. The third-order valence-corrected chi connectivity index (χ3v) is 6.68. The molecule has 0 spiro atoms. The van der Waals surface area contributed by atoms with Gasteiger partial charge in [0.1, 0.15) is 6.61 Å². The van der Waals surface area contributed by atoms with Gasteiger partial charge in [-0.15, -0.1) is 0 Å². The van der Waals surface area contributed by atoms with Crippen molar-refractivity contribution in [2.24, 2.45) is 0 Å². The van der Waals surface area contributed by atoms with Gasteiger partial charge in [0.2, 0.25) is 0 Å². The third-order valence-electron chi connectivity index (χ3n) is 6.68. The quantitative estimate of drug-likeness (QED) is 0.0527. The minimum absolute atomic E-state index is 0.102. The molecule has 236 valence electrons. The van der Waals surface area contributed by atoms with Gasteiger partial charge in [-0.1, -0.05) is 113 Å². The summed E-state index contributed by atoms with van der Waals surface area (Å²) < 4.78 is 10.5. The second-order valence-corrected chi connectivity index (χ2v) is 10.6. The second kappa shape index (κ2) is 32.3. The highest BCUT2D eigenvalue weighted by Crippen LogP contribution is 2.11. The molecule has 0 aliphatic carbocycles. The van der Waals surface area contributed by atoms with Gasteiger partial charge in [-0.05, 0) is 57.8 Å². The van der Waals surface area contributed by atoms with Gasteiger partial charge in [-0.3, -0.25) is 9.59 Å². The van der Waals surface area contributed by atoms with Crippen LogP contribution in [-0.2, 0) is 19.1 Å². The molecule has 0 aliphatic heterocycles. The molecule has 0 saturated carbocycles. The summed E-state index contributed by atoms with van der Waals surface area (Å²) in [5.74, 6) is -0.678. The molecule has 0 heterocycles. The number of ether oxygens (including phenoxy) is 2. The Labute approximate surface area is 251 Å². The molecule has 0 amide bonds. The van der Waals surface area contributed by atoms with Crippen LogP contribution in [0.25, 0.3) is 0 Å². The molecule has 0 fully saturated rings. The minimum atomic E-state index is -0.796. The summed E-state index contributed by atoms with van der Waals surface area (Å²) in [5.41, 5.74) is 0. The summed E-state index contributed by atoms with van der Waals surface area (Å²) in [6.07, 6.45) is 36.1. The Bertz CT molecular complexity index is 709. The molecule has 2 N–H and O–H groups in total. The molecule has 41 heavy (non-hydrogen) atoms. The van der Waals surface area contributed by atoms with Crippen molar-refractivity contribution in [1.82, 2.24) is 0 Å². The lowest BCUT2D eigenvalue weighted by atomic mass is 10.1. The minimum Gasteiger partial charge on any atom is -0.462 e. The van der Waals surface area contributed by atoms with Crippen molar-refractivity contribution in [1.29, 1.82) is 0 Å². The van der Waals surface area contributed by atoms with Gasteiger partial charge in [0.25, 0.3) is 0 Å². The number of carbonyl (C=O) groups is 2. The maximum atomic E-state index is 12.0. The maximum Gasteiger partial charge on any atom is 0.306 e. The number of aliphatic hydroxyl groups is 2. The Morgan fingerprint density at radius 1 is 0.585 bits per heavy atom. The van der Waals surface area contributed by atoms with Crippen LogP contribution >= 0.6 is 0 Å². The van der Waals surface area contributed by atoms with Crippen LogP contribution in [0.15, 0.2) is 48.6 Å². The van der Waals surface area contributed by atoms with Gasteiger partial charge >= 0.3 is 11.9 Å². The molecule has 1 atom stereocenters. The van der Waals surface area contributed by atoms with Crippen molar-refractivity contribution in [3.05, 3.63) is 48.6 Å². The van der Waals surface area contributed by atoms with Crippen molar-refractivity contribution in [2.45, 2.75) is 141 Å². The standard InChI is InChI=1S/C35H60O6/c1-2-3-4-5-6-16-20-23-26-29-35(39)41-33(31-37)32-40-34(38)28-25-22-19-17-14-12-10-8-7-9-11-13-15-18-21-24-27-30-36/h7,9-10,12-13,15,17,19,33,36-37H,2-6,8,11,14,16,18,20-32H2,1H3/b9-7-,12-10-,15-13-,19-17-/t33-/m0/s1. The summed E-state index contributed by atoms with van der Waals surface area (Å²) >= 11 is 0. The average molecular weight is 577 g/mol. The number of allylic oxidation sites excluding steroid dienone is 8. The summed E-state index contributed by atoms with van der Waals surface area (Å²) in [6.45, 7) is 2.06. The zero-order chi connectivity index (χ0) is 30.1. The number of hydrogen-bond acceptors (Lipinski definition) is 6. The van der Waals surface area contributed by atoms with E-state index in [9.17, 15) is 14.7 Å². The molecule has 0 radical (unpaired) electrons. The van der Waals surface area contributed by atoms with Gasteiger partial charge in [-0.25, -0.2) is 0 Å². The molecule has 6 nitrogen and oxygen atoms in total. The number of esters is 2. The average Bonchev–Trinajstić information content (AvgIpc) is 2.97. The zero-order valence-corrected chi connectivity index (χ0v) is 26.0. The van der Waals surface area contributed by atoms with E-state index < -0.39 is 6.10 Å². The highest BCUT2D eigenvalue weighted by Gasteiger charge is 2.15. The summed E-state index contributed by atoms with van der Waals surface area (Å²) in [5, 5.41) is 18.2. The van der Waals surface area contributed by atoms with Crippen LogP contribution in [0.2, 0.25) is 0 Å². The molecular weight excluding hydrogens is 516 g/mol. The molecule has 6 heteroatoms. The monoisotopic (exact) mass is 576 g/mol. The predicted octanol–water partition coefficient (Wildman–Crippen LogP) is 8.47. The molecule has 0 rings (SSSR count). The van der Waals surface area contributed by atoms with Crippen molar-refractivity contribution < 1.29 is 29.3 Å². The van der Waals surface area contributed by atoms with Gasteiger partial charge in [0.15, 0.2) is 6.10 Å². The number of hydrogen-bond donors (Lipinski definition) is 2. The van der Waals surface area contributed by atoms with E-state index in [1.807, 2.05) is 0 Å². The summed E-state index contributed by atoms with van der Waals surface area (Å²) in [4.78, 5) is 24.0. The lowest BCUT2D eigenvalue weighted by molar-refractivity contribution is -0.161. The first-order chi connectivity index (χ1) is 20.1. The Kier molecular flexibility index (Phi) is 30.6. The zero-order valence-electron chi connectivity index (χ0n) is 26.0. The predicted molar refractivity (Wildman–Crippen MR) is 170 cm³/mol. The van der Waals surface area contributed by atoms with E-state index in [-0.39, 0.29) is 25.2 Å². The molecular formula is C35H60O6. The number of aliphatic hydroxyl groups excluding tert-OH is 2. The first-order valence-electron chi connectivity index (χ1n) is 16.3. The topological polar surface area (TPSA) is 93.1 Å². The molecule has 0 aromatic rings. The molecule has 0 unspecified atom stereocenters. The second-order valence-electron chi connectivity index (χ2n) is 10.6. The largest absolute Gasteiger partial charge is 0.462 e. The van der Waals surface area contributed by atoms with E-state index in [2.05, 4.69) is 55.5 Å². The van der Waals surface area contributed by atoms with E-state index in [1.165, 1.54) is 38.5 Å². The Balaban J connectivity index is 3.71. The maximum absolute atomic E-state index is 12.0. The normalized spacial score (nSPS) is 12.8. The van der Waals surface area contributed by atoms with Crippen molar-refractivity contribution in [3.63, 3.8) is 0 Å². The first kappa shape index (κ1) is 38.8. The summed E-state index contributed by atoms with van der Waals surface area (Å²) in [7, 11) is 0. The molecule has 0 saturated heterocycles. The Morgan fingerprint density at radius 2 is 1.07 bits per heavy atom. The van der Waals surface area contributed by atoms with Crippen molar-refractivity contribution in [2.75, 3.05) is 19.8 Å². The van der Waals surface area contributed by atoms with Crippen LogP contribution in [0.5, 0.6) is 0 Å². The van der Waals surface area contributed by atoms with E-state index in [0.29, 0.717) is 25.9 Å². The third kappa shape index (κ3) is 30.6. The lowest BCUT2D eigenvalue weighted by Gasteiger charge is -2.15. The molecule has 0 aliphatic rings. The van der Waals surface area contributed by atoms with E-state index in [0.717, 1.165) is 70.6 Å². The van der Waals surface area contributed by atoms with E-state index in [1.54, 1.807) is 0 Å². The van der Waals surface area contributed by atoms with Crippen LogP contribution in [0.1, 0.15) is 135 Å². The highest BCUT2D eigenvalue weighted by molar-refractivity contribution is 5.70. The number of carbonyl (C=O) groups excluding carboxylic acids is 2. The van der Waals surface area contributed by atoms with Gasteiger partial charge in [0.05, 0.1) is 6.61 Å². The SMILES string of the molecule is CCCCCCCCCCCC(=O)O[C@@H](CO)COC(=O)CCC/C=C\C/C=C\C/C=C\C/C=C\CCCCCO. The summed E-state index contributed by atoms with van der Waals surface area (Å²) in [6, 6.07) is 0. The van der Waals surface area contributed by atoms with Gasteiger partial charge < -0.3 is 19.7 Å². The van der Waals surface area contributed by atoms with Crippen LogP contribution in [0, 0.1) is 0 Å². The highest BCUT2D eigenvalue weighted by atomic mass is 16.6. The van der Waals surface area contributed by atoms with Crippen LogP contribution < -0.4 is 0 Å². The number of rotatable bonds is 29. The Hall–Kier alpha value is -2.18. The molecule has 0 aromatic heterocycles. The fourth-order valence-corrected chi connectivity index (χ4v) is 4.17. The van der Waals surface area contributed by atoms with Crippen molar-refractivity contribution >= 4 is 11.9 Å². The van der Waals surface area contributed by atoms with Crippen molar-refractivity contribution in [3.8, 4) is 0 Å². The molecule has 0 bridgehead atoms. The smallest absolute Gasteiger partial charge is 0.306 e. The van der Waals surface area contributed by atoms with E-state index >= 15 is 0 Å². The van der Waals surface area contributed by atoms with Crippen LogP contribution in [0.4, 0.5) is 0 Å². The van der Waals surface area contributed by atoms with E-state index in [4.69, 9.17) is 14.6 Å². The fourth-order valence-electron chi connectivity index (χ4n) is 4.17. The van der Waals surface area contributed by atoms with Gasteiger partial charge in [-0.2, -0.15) is 0 Å². The molecule has 0 aromatic carbocycles. The van der Waals surface area contributed by atoms with Crippen LogP contribution in [0.3, 0.4) is 0 Å².